The van der Waals surface area contributed by atoms with Gasteiger partial charge in [-0.2, -0.15) is 0 Å². The Hall–Kier alpha value is -3.40. The van der Waals surface area contributed by atoms with Gasteiger partial charge in [0.1, 0.15) is 5.58 Å². The summed E-state index contributed by atoms with van der Waals surface area (Å²) in [4.78, 5) is 25.2. The molecule has 3 aromatic carbocycles. The van der Waals surface area contributed by atoms with Crippen LogP contribution in [0.5, 0.6) is 0 Å². The zero-order chi connectivity index (χ0) is 17.4. The average Bonchev–Trinajstić information content (AvgIpc) is 2.67. The van der Waals surface area contributed by atoms with Gasteiger partial charge >= 0.3 is 5.97 Å². The summed E-state index contributed by atoms with van der Waals surface area (Å²) < 4.78 is 10.8. The summed E-state index contributed by atoms with van der Waals surface area (Å²) in [6.45, 7) is 0. The molecule has 0 radical (unpaired) electrons. The smallest absolute Gasteiger partial charge is 0.345 e. The lowest BCUT2D eigenvalue weighted by Crippen LogP contribution is -2.18. The van der Waals surface area contributed by atoms with Crippen LogP contribution in [0, 0.1) is 0 Å². The first-order valence-corrected chi connectivity index (χ1v) is 7.83. The van der Waals surface area contributed by atoms with Gasteiger partial charge in [0.25, 0.3) is 0 Å². The number of ether oxygens (including phenoxy) is 1. The van der Waals surface area contributed by atoms with Crippen molar-refractivity contribution in [2.75, 3.05) is 7.11 Å². The first kappa shape index (κ1) is 15.1. The quantitative estimate of drug-likeness (QED) is 0.511. The molecule has 0 saturated carbocycles. The van der Waals surface area contributed by atoms with Crippen molar-refractivity contribution in [2.24, 2.45) is 0 Å². The van der Waals surface area contributed by atoms with Gasteiger partial charge in [0, 0.05) is 5.56 Å². The molecule has 0 spiro atoms. The van der Waals surface area contributed by atoms with Crippen LogP contribution < -0.4 is 5.43 Å². The number of carbonyl (C=O) groups is 1. The number of hydrogen-bond donors (Lipinski definition) is 0. The van der Waals surface area contributed by atoms with Crippen molar-refractivity contribution in [1.82, 2.24) is 0 Å². The van der Waals surface area contributed by atoms with E-state index in [0.29, 0.717) is 16.5 Å². The molecule has 0 amide bonds. The van der Waals surface area contributed by atoms with Gasteiger partial charge in [-0.25, -0.2) is 4.79 Å². The Morgan fingerprint density at radius 3 is 2.36 bits per heavy atom. The van der Waals surface area contributed by atoms with Crippen LogP contribution in [-0.4, -0.2) is 13.1 Å². The second kappa shape index (κ2) is 5.91. The Morgan fingerprint density at radius 2 is 1.56 bits per heavy atom. The second-order valence-corrected chi connectivity index (χ2v) is 5.65. The third-order valence-corrected chi connectivity index (χ3v) is 4.22. The van der Waals surface area contributed by atoms with Crippen molar-refractivity contribution in [3.8, 4) is 11.3 Å². The van der Waals surface area contributed by atoms with Crippen LogP contribution >= 0.6 is 0 Å². The van der Waals surface area contributed by atoms with E-state index in [1.807, 2.05) is 42.5 Å². The van der Waals surface area contributed by atoms with Crippen molar-refractivity contribution in [3.05, 3.63) is 82.5 Å². The molecule has 0 aliphatic heterocycles. The maximum atomic E-state index is 12.9. The SMILES string of the molecule is COC(=O)c1c(-c2cccc3ccccc23)oc2ccccc2c1=O. The molecule has 1 aromatic heterocycles. The summed E-state index contributed by atoms with van der Waals surface area (Å²) in [5.41, 5.74) is 0.638. The van der Waals surface area contributed by atoms with Crippen LogP contribution in [0.25, 0.3) is 33.1 Å². The number of hydrogen-bond acceptors (Lipinski definition) is 4. The molecule has 0 aliphatic rings. The van der Waals surface area contributed by atoms with E-state index in [1.165, 1.54) is 7.11 Å². The Labute approximate surface area is 143 Å². The molecule has 4 rings (SSSR count). The van der Waals surface area contributed by atoms with Crippen molar-refractivity contribution in [3.63, 3.8) is 0 Å². The predicted octanol–water partition coefficient (Wildman–Crippen LogP) is 4.40. The molecule has 4 nitrogen and oxygen atoms in total. The number of esters is 1. The molecule has 0 saturated heterocycles. The molecule has 0 fully saturated rings. The highest BCUT2D eigenvalue weighted by Gasteiger charge is 2.23. The van der Waals surface area contributed by atoms with Gasteiger partial charge in [0.2, 0.25) is 5.43 Å². The molecule has 25 heavy (non-hydrogen) atoms. The van der Waals surface area contributed by atoms with E-state index in [0.717, 1.165) is 10.8 Å². The van der Waals surface area contributed by atoms with Crippen LogP contribution in [0.15, 0.2) is 75.9 Å². The number of rotatable bonds is 2. The lowest BCUT2D eigenvalue weighted by molar-refractivity contribution is 0.0598. The predicted molar refractivity (Wildman–Crippen MR) is 96.8 cm³/mol. The monoisotopic (exact) mass is 330 g/mol. The lowest BCUT2D eigenvalue weighted by Gasteiger charge is -2.11. The van der Waals surface area contributed by atoms with Crippen molar-refractivity contribution >= 4 is 27.7 Å². The van der Waals surface area contributed by atoms with Gasteiger partial charge in [-0.3, -0.25) is 4.79 Å². The molecule has 4 aromatic rings. The van der Waals surface area contributed by atoms with Crippen LogP contribution in [0.3, 0.4) is 0 Å². The zero-order valence-electron chi connectivity index (χ0n) is 13.5. The molecule has 0 bridgehead atoms. The summed E-state index contributed by atoms with van der Waals surface area (Å²) >= 11 is 0. The van der Waals surface area contributed by atoms with Crippen molar-refractivity contribution < 1.29 is 13.9 Å². The summed E-state index contributed by atoms with van der Waals surface area (Å²) in [7, 11) is 1.25. The van der Waals surface area contributed by atoms with Crippen molar-refractivity contribution in [2.45, 2.75) is 0 Å². The summed E-state index contributed by atoms with van der Waals surface area (Å²) in [6.07, 6.45) is 0. The van der Waals surface area contributed by atoms with Gasteiger partial charge in [-0.1, -0.05) is 54.6 Å². The molecule has 0 N–H and O–H groups in total. The fourth-order valence-electron chi connectivity index (χ4n) is 3.04. The van der Waals surface area contributed by atoms with E-state index in [2.05, 4.69) is 0 Å². The third-order valence-electron chi connectivity index (χ3n) is 4.22. The van der Waals surface area contributed by atoms with Gasteiger partial charge in [0.15, 0.2) is 11.3 Å². The van der Waals surface area contributed by atoms with Gasteiger partial charge in [-0.15, -0.1) is 0 Å². The third kappa shape index (κ3) is 2.39. The summed E-state index contributed by atoms with van der Waals surface area (Å²) in [5, 5.41) is 2.24. The fraction of sp³-hybridized carbons (Fsp3) is 0.0476. The Morgan fingerprint density at radius 1 is 0.880 bits per heavy atom. The fourth-order valence-corrected chi connectivity index (χ4v) is 3.04. The number of fused-ring (bicyclic) bond motifs is 2. The highest BCUT2D eigenvalue weighted by atomic mass is 16.5. The van der Waals surface area contributed by atoms with E-state index in [-0.39, 0.29) is 11.3 Å². The topological polar surface area (TPSA) is 56.5 Å². The molecular weight excluding hydrogens is 316 g/mol. The largest absolute Gasteiger partial charge is 0.465 e. The summed E-state index contributed by atoms with van der Waals surface area (Å²) in [6, 6.07) is 20.3. The number of benzene rings is 3. The molecular formula is C21H14O4. The summed E-state index contributed by atoms with van der Waals surface area (Å²) in [5.74, 6) is -0.477. The van der Waals surface area contributed by atoms with Crippen LogP contribution in [-0.2, 0) is 4.74 Å². The molecule has 1 heterocycles. The van der Waals surface area contributed by atoms with Crippen LogP contribution in [0.1, 0.15) is 10.4 Å². The Bertz CT molecular complexity index is 1170. The maximum absolute atomic E-state index is 12.9. The Balaban J connectivity index is 2.16. The second-order valence-electron chi connectivity index (χ2n) is 5.65. The average molecular weight is 330 g/mol. The number of para-hydroxylation sites is 1. The van der Waals surface area contributed by atoms with E-state index < -0.39 is 11.4 Å². The number of methoxy groups -OCH3 is 1. The molecule has 4 heteroatoms. The highest BCUT2D eigenvalue weighted by molar-refractivity contribution is 6.04. The molecule has 122 valence electrons. The standard InChI is InChI=1S/C21H14O4/c1-24-21(23)18-19(22)16-10-4-5-12-17(16)25-20(18)15-11-6-8-13-7-2-3-9-14(13)15/h2-12H,1H3. The molecule has 0 unspecified atom stereocenters. The minimum Gasteiger partial charge on any atom is -0.465 e. The maximum Gasteiger partial charge on any atom is 0.345 e. The lowest BCUT2D eigenvalue weighted by atomic mass is 9.99. The normalized spacial score (nSPS) is 10.9. The molecule has 0 atom stereocenters. The number of carbonyl (C=O) groups excluding carboxylic acids is 1. The van der Waals surface area contributed by atoms with E-state index in [9.17, 15) is 9.59 Å². The minimum atomic E-state index is -0.706. The van der Waals surface area contributed by atoms with Crippen LogP contribution in [0.4, 0.5) is 0 Å². The van der Waals surface area contributed by atoms with Gasteiger partial charge < -0.3 is 9.15 Å². The van der Waals surface area contributed by atoms with E-state index in [1.54, 1.807) is 24.3 Å². The van der Waals surface area contributed by atoms with Crippen molar-refractivity contribution in [1.29, 1.82) is 0 Å². The van der Waals surface area contributed by atoms with Crippen LogP contribution in [0.2, 0.25) is 0 Å². The van der Waals surface area contributed by atoms with Gasteiger partial charge in [0.05, 0.1) is 12.5 Å². The zero-order valence-corrected chi connectivity index (χ0v) is 13.5. The highest BCUT2D eigenvalue weighted by Crippen LogP contribution is 2.32. The minimum absolute atomic E-state index is 0.0856. The van der Waals surface area contributed by atoms with Gasteiger partial charge in [-0.05, 0) is 22.9 Å². The Kier molecular flexibility index (Phi) is 3.58. The first-order chi connectivity index (χ1) is 12.2. The van der Waals surface area contributed by atoms with E-state index in [4.69, 9.17) is 9.15 Å². The molecule has 0 aliphatic carbocycles. The van der Waals surface area contributed by atoms with E-state index >= 15 is 0 Å². The first-order valence-electron chi connectivity index (χ1n) is 7.83.